The first kappa shape index (κ1) is 17.0. The molecule has 0 spiro atoms. The maximum absolute atomic E-state index is 11.6. The number of aromatic nitrogens is 2. The topological polar surface area (TPSA) is 93.6 Å². The average molecular weight is 359 g/mol. The van der Waals surface area contributed by atoms with Gasteiger partial charge in [0.05, 0.1) is 30.9 Å². The predicted octanol–water partition coefficient (Wildman–Crippen LogP) is 3.77. The third-order valence-corrected chi connectivity index (χ3v) is 5.09. The molecule has 130 valence electrons. The highest BCUT2D eigenvalue weighted by Crippen LogP contribution is 2.37. The maximum atomic E-state index is 11.6. The predicted molar refractivity (Wildman–Crippen MR) is 96.7 cm³/mol. The summed E-state index contributed by atoms with van der Waals surface area (Å²) < 4.78 is 10.5. The van der Waals surface area contributed by atoms with Crippen LogP contribution in [0.2, 0.25) is 0 Å². The number of methoxy groups -OCH3 is 2. The molecule has 8 heteroatoms. The molecule has 0 radical (unpaired) electrons. The van der Waals surface area contributed by atoms with Crippen LogP contribution in [0.15, 0.2) is 18.5 Å². The first-order valence-corrected chi connectivity index (χ1v) is 8.25. The van der Waals surface area contributed by atoms with Crippen molar-refractivity contribution in [2.75, 3.05) is 19.5 Å². The summed E-state index contributed by atoms with van der Waals surface area (Å²) in [6.07, 6.45) is 1.46. The lowest BCUT2D eigenvalue weighted by atomic mass is 10.1. The van der Waals surface area contributed by atoms with Crippen molar-refractivity contribution in [1.82, 2.24) is 9.97 Å². The van der Waals surface area contributed by atoms with E-state index in [1.165, 1.54) is 26.6 Å². The second kappa shape index (κ2) is 6.56. The first-order chi connectivity index (χ1) is 12.0. The third kappa shape index (κ3) is 2.96. The number of benzene rings is 1. The Hall–Kier alpha value is -2.87. The molecule has 0 fully saturated rings. The molecule has 2 heterocycles. The molecule has 0 saturated heterocycles. The highest BCUT2D eigenvalue weighted by molar-refractivity contribution is 7.18. The van der Waals surface area contributed by atoms with Crippen LogP contribution < -0.4 is 14.8 Å². The molecule has 0 amide bonds. The van der Waals surface area contributed by atoms with E-state index in [1.807, 2.05) is 13.8 Å². The fraction of sp³-hybridized carbons (Fsp3) is 0.235. The molecular weight excluding hydrogens is 342 g/mol. The van der Waals surface area contributed by atoms with Gasteiger partial charge in [-0.15, -0.1) is 11.3 Å². The number of ether oxygens (including phenoxy) is 2. The number of hydrogen-bond donors (Lipinski definition) is 2. The van der Waals surface area contributed by atoms with Crippen LogP contribution in [0, 0.1) is 13.8 Å². The van der Waals surface area contributed by atoms with Crippen LogP contribution in [-0.4, -0.2) is 35.3 Å². The van der Waals surface area contributed by atoms with Gasteiger partial charge in [0, 0.05) is 17.0 Å². The van der Waals surface area contributed by atoms with Gasteiger partial charge < -0.3 is 19.9 Å². The van der Waals surface area contributed by atoms with Crippen LogP contribution in [0.5, 0.6) is 11.5 Å². The summed E-state index contributed by atoms with van der Waals surface area (Å²) in [6.45, 7) is 4.01. The molecule has 0 aliphatic heterocycles. The standard InChI is InChI=1S/C17H17N3O4S/c1-8-9(2)25-16-14(8)15(18-7-19-16)20-11-6-13(24-4)12(23-3)5-10(11)17(21)22/h5-7H,1-4H3,(H,21,22)(H,18,19,20). The maximum Gasteiger partial charge on any atom is 0.337 e. The Morgan fingerprint density at radius 3 is 2.48 bits per heavy atom. The van der Waals surface area contributed by atoms with Gasteiger partial charge in [-0.1, -0.05) is 0 Å². The van der Waals surface area contributed by atoms with Gasteiger partial charge in [0.1, 0.15) is 17.0 Å². The number of carboxylic acids is 1. The number of aryl methyl sites for hydroxylation is 2. The summed E-state index contributed by atoms with van der Waals surface area (Å²) in [5, 5.41) is 13.5. The lowest BCUT2D eigenvalue weighted by Crippen LogP contribution is -2.06. The van der Waals surface area contributed by atoms with Gasteiger partial charge in [0.15, 0.2) is 11.5 Å². The SMILES string of the molecule is COc1cc(Nc2ncnc3sc(C)c(C)c23)c(C(=O)O)cc1OC. The Morgan fingerprint density at radius 1 is 1.16 bits per heavy atom. The van der Waals surface area contributed by atoms with Gasteiger partial charge in [-0.25, -0.2) is 14.8 Å². The van der Waals surface area contributed by atoms with Gasteiger partial charge >= 0.3 is 5.97 Å². The van der Waals surface area contributed by atoms with Crippen LogP contribution in [0.4, 0.5) is 11.5 Å². The lowest BCUT2D eigenvalue weighted by molar-refractivity contribution is 0.0697. The summed E-state index contributed by atoms with van der Waals surface area (Å²) in [7, 11) is 2.96. The molecule has 1 aromatic carbocycles. The quantitative estimate of drug-likeness (QED) is 0.716. The second-order valence-electron chi connectivity index (χ2n) is 5.37. The molecule has 0 bridgehead atoms. The largest absolute Gasteiger partial charge is 0.493 e. The van der Waals surface area contributed by atoms with E-state index in [0.29, 0.717) is 23.0 Å². The number of fused-ring (bicyclic) bond motifs is 1. The molecule has 0 aliphatic carbocycles. The zero-order valence-corrected chi connectivity index (χ0v) is 15.0. The Morgan fingerprint density at radius 2 is 1.84 bits per heavy atom. The fourth-order valence-electron chi connectivity index (χ4n) is 2.56. The minimum atomic E-state index is -1.08. The second-order valence-corrected chi connectivity index (χ2v) is 6.57. The molecule has 2 aromatic heterocycles. The normalized spacial score (nSPS) is 10.7. The van der Waals surface area contributed by atoms with Gasteiger partial charge in [0.2, 0.25) is 0 Å². The molecule has 7 nitrogen and oxygen atoms in total. The van der Waals surface area contributed by atoms with Gasteiger partial charge in [-0.2, -0.15) is 0 Å². The monoisotopic (exact) mass is 359 g/mol. The van der Waals surface area contributed by atoms with Crippen molar-refractivity contribution in [3.63, 3.8) is 0 Å². The summed E-state index contributed by atoms with van der Waals surface area (Å²) in [5.74, 6) is 0.257. The van der Waals surface area contributed by atoms with E-state index in [2.05, 4.69) is 15.3 Å². The van der Waals surface area contributed by atoms with Crippen LogP contribution in [0.1, 0.15) is 20.8 Å². The Balaban J connectivity index is 2.16. The van der Waals surface area contributed by atoms with E-state index < -0.39 is 5.97 Å². The van der Waals surface area contributed by atoms with Crippen LogP contribution in [0.25, 0.3) is 10.2 Å². The average Bonchev–Trinajstić information content (AvgIpc) is 2.89. The molecule has 2 N–H and O–H groups in total. The number of nitrogens with zero attached hydrogens (tertiary/aromatic N) is 2. The van der Waals surface area contributed by atoms with E-state index in [9.17, 15) is 9.90 Å². The van der Waals surface area contributed by atoms with Crippen molar-refractivity contribution in [3.8, 4) is 11.5 Å². The molecule has 0 saturated carbocycles. The lowest BCUT2D eigenvalue weighted by Gasteiger charge is -2.14. The summed E-state index contributed by atoms with van der Waals surface area (Å²) in [5.41, 5.74) is 1.50. The number of carbonyl (C=O) groups is 1. The fourth-order valence-corrected chi connectivity index (χ4v) is 3.56. The molecule has 3 rings (SSSR count). The van der Waals surface area contributed by atoms with Crippen molar-refractivity contribution in [3.05, 3.63) is 34.5 Å². The van der Waals surface area contributed by atoms with Crippen molar-refractivity contribution >= 4 is 39.0 Å². The number of rotatable bonds is 5. The molecule has 0 aliphatic rings. The zero-order valence-electron chi connectivity index (χ0n) is 14.2. The van der Waals surface area contributed by atoms with Crippen molar-refractivity contribution in [2.45, 2.75) is 13.8 Å². The number of hydrogen-bond acceptors (Lipinski definition) is 7. The van der Waals surface area contributed by atoms with E-state index in [1.54, 1.807) is 17.4 Å². The van der Waals surface area contributed by atoms with Crippen molar-refractivity contribution in [2.24, 2.45) is 0 Å². The van der Waals surface area contributed by atoms with Gasteiger partial charge in [0.25, 0.3) is 0 Å². The molecule has 0 atom stereocenters. The highest BCUT2D eigenvalue weighted by Gasteiger charge is 2.19. The summed E-state index contributed by atoms with van der Waals surface area (Å²) in [4.78, 5) is 22.2. The van der Waals surface area contributed by atoms with Crippen LogP contribution in [-0.2, 0) is 0 Å². The van der Waals surface area contributed by atoms with E-state index in [4.69, 9.17) is 9.47 Å². The Labute approximate surface area is 148 Å². The number of aromatic carboxylic acids is 1. The van der Waals surface area contributed by atoms with Gasteiger partial charge in [-0.05, 0) is 19.4 Å². The molecule has 0 unspecified atom stereocenters. The van der Waals surface area contributed by atoms with E-state index >= 15 is 0 Å². The summed E-state index contributed by atoms with van der Waals surface area (Å²) in [6, 6.07) is 3.01. The van der Waals surface area contributed by atoms with Crippen molar-refractivity contribution < 1.29 is 19.4 Å². The third-order valence-electron chi connectivity index (χ3n) is 3.97. The van der Waals surface area contributed by atoms with Gasteiger partial charge in [-0.3, -0.25) is 0 Å². The molecule has 25 heavy (non-hydrogen) atoms. The molecular formula is C17H17N3O4S. The number of carboxylic acid groups (broad SMARTS) is 1. The minimum absolute atomic E-state index is 0.0639. The number of anilines is 2. The van der Waals surface area contributed by atoms with Crippen molar-refractivity contribution in [1.29, 1.82) is 0 Å². The molecule has 3 aromatic rings. The Bertz CT molecular complexity index is 968. The number of nitrogens with one attached hydrogen (secondary N) is 1. The van der Waals surface area contributed by atoms with E-state index in [0.717, 1.165) is 20.7 Å². The summed E-state index contributed by atoms with van der Waals surface area (Å²) >= 11 is 1.58. The van der Waals surface area contributed by atoms with E-state index in [-0.39, 0.29) is 5.56 Å². The minimum Gasteiger partial charge on any atom is -0.493 e. The first-order valence-electron chi connectivity index (χ1n) is 7.43. The zero-order chi connectivity index (χ0) is 18.1. The smallest absolute Gasteiger partial charge is 0.337 e. The van der Waals surface area contributed by atoms with Crippen LogP contribution in [0.3, 0.4) is 0 Å². The highest BCUT2D eigenvalue weighted by atomic mass is 32.1. The van der Waals surface area contributed by atoms with Crippen LogP contribution >= 0.6 is 11.3 Å². The number of thiophene rings is 1. The Kier molecular flexibility index (Phi) is 4.45.